The Hall–Kier alpha value is -3.02. The lowest BCUT2D eigenvalue weighted by Crippen LogP contribution is -2.47. The first-order valence-corrected chi connectivity index (χ1v) is 8.53. The molecule has 0 bridgehead atoms. The number of imidazole rings is 1. The van der Waals surface area contributed by atoms with Gasteiger partial charge in [0.15, 0.2) is 0 Å². The van der Waals surface area contributed by atoms with Gasteiger partial charge in [0.25, 0.3) is 0 Å². The van der Waals surface area contributed by atoms with Gasteiger partial charge in [-0.1, -0.05) is 6.07 Å². The van der Waals surface area contributed by atoms with E-state index in [1.165, 1.54) is 0 Å². The minimum atomic E-state index is -0.747. The Kier molecular flexibility index (Phi) is 4.84. The van der Waals surface area contributed by atoms with Crippen molar-refractivity contribution in [1.29, 1.82) is 0 Å². The number of aryl methyl sites for hydroxylation is 1. The number of nitrogens with one attached hydrogen (secondary N) is 3. The number of fused-ring (bicyclic) bond motifs is 1. The molecule has 0 unspecified atom stereocenters. The molecule has 6 heteroatoms. The Morgan fingerprint density at radius 1 is 1.19 bits per heavy atom. The second-order valence-electron chi connectivity index (χ2n) is 6.83. The zero-order chi connectivity index (χ0) is 18.7. The third-order valence-electron chi connectivity index (χ3n) is 4.23. The first kappa shape index (κ1) is 17.8. The van der Waals surface area contributed by atoms with Gasteiger partial charge in [-0.05, 0) is 62.7 Å². The van der Waals surface area contributed by atoms with E-state index < -0.39 is 5.54 Å². The normalized spacial score (nSPS) is 11.4. The van der Waals surface area contributed by atoms with Gasteiger partial charge in [-0.2, -0.15) is 0 Å². The van der Waals surface area contributed by atoms with Crippen LogP contribution in [0.1, 0.15) is 25.2 Å². The number of benzene rings is 2. The van der Waals surface area contributed by atoms with Crippen LogP contribution < -0.4 is 15.4 Å². The number of hydrogen-bond acceptors (Lipinski definition) is 4. The molecule has 0 saturated heterocycles. The van der Waals surface area contributed by atoms with Crippen LogP contribution in [0, 0.1) is 6.92 Å². The van der Waals surface area contributed by atoms with Crippen molar-refractivity contribution in [3.63, 3.8) is 0 Å². The average Bonchev–Trinajstić information content (AvgIpc) is 2.99. The number of nitrogens with zero attached hydrogens (tertiary/aromatic N) is 1. The lowest BCUT2D eigenvalue weighted by atomic mass is 10.0. The van der Waals surface area contributed by atoms with Crippen LogP contribution in [0.15, 0.2) is 42.5 Å². The molecule has 0 aliphatic rings. The Bertz CT molecular complexity index is 913. The largest absolute Gasteiger partial charge is 0.497 e. The highest BCUT2D eigenvalue weighted by Crippen LogP contribution is 2.19. The average molecular weight is 352 g/mol. The standard InChI is InChI=1S/C20H24N4O2/c1-13-22-17-10-5-14(11-18(17)23-13)12-21-19(25)20(2,3)24-15-6-8-16(26-4)9-7-15/h5-11,24H,12H2,1-4H3,(H,21,25)(H,22,23). The molecule has 3 aromatic rings. The van der Waals surface area contributed by atoms with Crippen molar-refractivity contribution in [1.82, 2.24) is 15.3 Å². The number of carbonyl (C=O) groups is 1. The first-order valence-electron chi connectivity index (χ1n) is 8.53. The summed E-state index contributed by atoms with van der Waals surface area (Å²) >= 11 is 0. The van der Waals surface area contributed by atoms with Gasteiger partial charge >= 0.3 is 0 Å². The van der Waals surface area contributed by atoms with Gasteiger partial charge in [-0.25, -0.2) is 4.98 Å². The fourth-order valence-corrected chi connectivity index (χ4v) is 2.79. The Morgan fingerprint density at radius 3 is 2.62 bits per heavy atom. The summed E-state index contributed by atoms with van der Waals surface area (Å²) < 4.78 is 5.15. The van der Waals surface area contributed by atoms with Gasteiger partial charge in [0.2, 0.25) is 5.91 Å². The maximum absolute atomic E-state index is 12.6. The predicted octanol–water partition coefficient (Wildman–Crippen LogP) is 3.39. The van der Waals surface area contributed by atoms with Crippen LogP contribution >= 0.6 is 0 Å². The summed E-state index contributed by atoms with van der Waals surface area (Å²) in [5.74, 6) is 1.59. The molecule has 0 spiro atoms. The Labute approximate surface area is 153 Å². The van der Waals surface area contributed by atoms with Gasteiger partial charge in [0, 0.05) is 12.2 Å². The number of anilines is 1. The summed E-state index contributed by atoms with van der Waals surface area (Å²) in [5, 5.41) is 6.25. The second-order valence-corrected chi connectivity index (χ2v) is 6.83. The number of aromatic amines is 1. The Morgan fingerprint density at radius 2 is 1.92 bits per heavy atom. The molecule has 0 atom stereocenters. The molecule has 3 rings (SSSR count). The summed E-state index contributed by atoms with van der Waals surface area (Å²) in [5.41, 5.74) is 3.04. The maximum Gasteiger partial charge on any atom is 0.245 e. The predicted molar refractivity (Wildman–Crippen MR) is 103 cm³/mol. The van der Waals surface area contributed by atoms with Crippen molar-refractivity contribution in [3.05, 3.63) is 53.9 Å². The highest BCUT2D eigenvalue weighted by Gasteiger charge is 2.27. The van der Waals surface area contributed by atoms with E-state index in [-0.39, 0.29) is 5.91 Å². The number of methoxy groups -OCH3 is 1. The Balaban J connectivity index is 1.62. The van der Waals surface area contributed by atoms with E-state index in [2.05, 4.69) is 20.6 Å². The molecule has 1 heterocycles. The van der Waals surface area contributed by atoms with Crippen molar-refractivity contribution in [2.24, 2.45) is 0 Å². The number of ether oxygens (including phenoxy) is 1. The summed E-state index contributed by atoms with van der Waals surface area (Å²) in [6, 6.07) is 13.5. The number of rotatable bonds is 6. The van der Waals surface area contributed by atoms with E-state index in [4.69, 9.17) is 4.74 Å². The molecule has 1 aromatic heterocycles. The molecule has 1 amide bonds. The van der Waals surface area contributed by atoms with Crippen LogP contribution in [-0.4, -0.2) is 28.5 Å². The van der Waals surface area contributed by atoms with Gasteiger partial charge in [0.1, 0.15) is 17.1 Å². The fraction of sp³-hybridized carbons (Fsp3) is 0.300. The number of amides is 1. The van der Waals surface area contributed by atoms with Crippen molar-refractivity contribution in [3.8, 4) is 5.75 Å². The minimum Gasteiger partial charge on any atom is -0.497 e. The summed E-state index contributed by atoms with van der Waals surface area (Å²) in [6.07, 6.45) is 0. The molecular formula is C20H24N4O2. The number of H-pyrrole nitrogens is 1. The van der Waals surface area contributed by atoms with Crippen molar-refractivity contribution in [2.75, 3.05) is 12.4 Å². The van der Waals surface area contributed by atoms with Crippen molar-refractivity contribution < 1.29 is 9.53 Å². The van der Waals surface area contributed by atoms with Crippen LogP contribution in [-0.2, 0) is 11.3 Å². The molecule has 0 saturated carbocycles. The fourth-order valence-electron chi connectivity index (χ4n) is 2.79. The topological polar surface area (TPSA) is 79.0 Å². The maximum atomic E-state index is 12.6. The molecule has 0 fully saturated rings. The minimum absolute atomic E-state index is 0.0748. The highest BCUT2D eigenvalue weighted by atomic mass is 16.5. The van der Waals surface area contributed by atoms with Crippen molar-refractivity contribution in [2.45, 2.75) is 32.9 Å². The van der Waals surface area contributed by atoms with Crippen LogP contribution in [0.25, 0.3) is 11.0 Å². The third kappa shape index (κ3) is 3.96. The SMILES string of the molecule is COc1ccc(NC(C)(C)C(=O)NCc2ccc3nc(C)[nH]c3c2)cc1. The van der Waals surface area contributed by atoms with Gasteiger partial charge in [-0.3, -0.25) is 4.79 Å². The molecule has 0 aliphatic carbocycles. The third-order valence-corrected chi connectivity index (χ3v) is 4.23. The molecule has 0 radical (unpaired) electrons. The number of carbonyl (C=O) groups excluding carboxylic acids is 1. The van der Waals surface area contributed by atoms with Crippen LogP contribution in [0.2, 0.25) is 0 Å². The molecule has 2 aromatic carbocycles. The number of aromatic nitrogens is 2. The molecule has 3 N–H and O–H groups in total. The molecule has 0 aliphatic heterocycles. The summed E-state index contributed by atoms with van der Waals surface area (Å²) in [4.78, 5) is 20.2. The molecule has 6 nitrogen and oxygen atoms in total. The summed E-state index contributed by atoms with van der Waals surface area (Å²) in [6.45, 7) is 6.09. The monoisotopic (exact) mass is 352 g/mol. The second kappa shape index (κ2) is 7.07. The highest BCUT2D eigenvalue weighted by molar-refractivity contribution is 5.88. The molecule has 26 heavy (non-hydrogen) atoms. The quantitative estimate of drug-likeness (QED) is 0.635. The lowest BCUT2D eigenvalue weighted by Gasteiger charge is -2.26. The van der Waals surface area contributed by atoms with E-state index in [1.54, 1.807) is 7.11 Å². The zero-order valence-corrected chi connectivity index (χ0v) is 15.5. The van der Waals surface area contributed by atoms with E-state index in [0.29, 0.717) is 6.54 Å². The first-order chi connectivity index (χ1) is 12.4. The zero-order valence-electron chi connectivity index (χ0n) is 15.5. The van der Waals surface area contributed by atoms with Gasteiger partial charge < -0.3 is 20.4 Å². The summed E-state index contributed by atoms with van der Waals surface area (Å²) in [7, 11) is 1.63. The van der Waals surface area contributed by atoms with Crippen LogP contribution in [0.5, 0.6) is 5.75 Å². The van der Waals surface area contributed by atoms with E-state index in [1.807, 2.05) is 63.2 Å². The molecular weight excluding hydrogens is 328 g/mol. The van der Waals surface area contributed by atoms with Gasteiger partial charge in [-0.15, -0.1) is 0 Å². The molecule has 136 valence electrons. The van der Waals surface area contributed by atoms with E-state index in [9.17, 15) is 4.79 Å². The van der Waals surface area contributed by atoms with Crippen LogP contribution in [0.3, 0.4) is 0 Å². The van der Waals surface area contributed by atoms with Gasteiger partial charge in [0.05, 0.1) is 18.1 Å². The van der Waals surface area contributed by atoms with E-state index >= 15 is 0 Å². The number of hydrogen-bond donors (Lipinski definition) is 3. The van der Waals surface area contributed by atoms with Crippen molar-refractivity contribution >= 4 is 22.6 Å². The smallest absolute Gasteiger partial charge is 0.245 e. The van der Waals surface area contributed by atoms with E-state index in [0.717, 1.165) is 33.9 Å². The lowest BCUT2D eigenvalue weighted by molar-refractivity contribution is -0.124. The van der Waals surface area contributed by atoms with Crippen LogP contribution in [0.4, 0.5) is 5.69 Å².